The number of carbonyl (C=O) groups is 1. The van der Waals surface area contributed by atoms with Crippen LogP contribution in [0, 0.1) is 28.6 Å². The van der Waals surface area contributed by atoms with Crippen LogP contribution in [0.5, 0.6) is 0 Å². The van der Waals surface area contributed by atoms with Crippen molar-refractivity contribution >= 4 is 27.2 Å². The molecule has 0 saturated heterocycles. The molecule has 0 aliphatic heterocycles. The molecule has 310 valence electrons. The Morgan fingerprint density at radius 2 is 1.76 bits per heavy atom. The Bertz CT molecular complexity index is 2060. The fraction of sp³-hybridized carbons (Fsp3) is 0.549. The molecule has 3 N–H and O–H groups in total. The molecule has 8 unspecified atom stereocenters. The molecule has 0 spiro atoms. The summed E-state index contributed by atoms with van der Waals surface area (Å²) < 4.78 is 7.15. The van der Waals surface area contributed by atoms with E-state index in [4.69, 9.17) is 4.74 Å². The number of carbonyl (C=O) groups excluding carboxylic acids is 1. The van der Waals surface area contributed by atoms with Crippen LogP contribution in [-0.2, 0) is 17.8 Å². The van der Waals surface area contributed by atoms with Crippen molar-refractivity contribution in [2.45, 2.75) is 122 Å². The normalized spacial score (nSPS) is 30.1. The molecule has 0 amide bonds. The number of hydrogen-bond acceptors (Lipinski definition) is 7. The van der Waals surface area contributed by atoms with Gasteiger partial charge < -0.3 is 20.1 Å². The number of ketones is 1. The number of aliphatic hydroxyl groups is 3. The Balaban J connectivity index is 1.12. The summed E-state index contributed by atoms with van der Waals surface area (Å²) in [6.45, 7) is 11.8. The summed E-state index contributed by atoms with van der Waals surface area (Å²) in [6, 6.07) is 26.6. The first-order valence-corrected chi connectivity index (χ1v) is 22.9. The quantitative estimate of drug-likeness (QED) is 0.0977. The molecule has 1 aromatic heterocycles. The topological polar surface area (TPSA) is 90.2 Å². The largest absolute Gasteiger partial charge is 0.393 e. The zero-order valence-electron chi connectivity index (χ0n) is 35.2. The van der Waals surface area contributed by atoms with Crippen LogP contribution in [0.2, 0.25) is 0 Å². The average Bonchev–Trinajstić information content (AvgIpc) is 3.75. The van der Waals surface area contributed by atoms with Crippen molar-refractivity contribution in [1.82, 2.24) is 4.90 Å². The van der Waals surface area contributed by atoms with E-state index < -0.39 is 23.2 Å². The minimum Gasteiger partial charge on any atom is -0.393 e. The number of aliphatic hydroxyl groups excluding tert-OH is 2. The lowest BCUT2D eigenvalue weighted by Crippen LogP contribution is -2.58. The number of benzene rings is 3. The fourth-order valence-corrected chi connectivity index (χ4v) is 12.8. The first kappa shape index (κ1) is 41.6. The van der Waals surface area contributed by atoms with Crippen LogP contribution in [-0.4, -0.2) is 70.1 Å². The molecule has 6 nitrogen and oxygen atoms in total. The summed E-state index contributed by atoms with van der Waals surface area (Å²) in [5.74, 6) is 1.95. The molecular formula is C51H65NO5S. The van der Waals surface area contributed by atoms with Crippen molar-refractivity contribution < 1.29 is 24.9 Å². The SMILES string of the molecule is CC1=CCCC2(C)C(CCC2(O)CN(CC(O)COCc2ccccc2)CC2CCC3CC2C3(C)C)c2ccc(cc2C(=O)c2cc3ccccc3s2)CC(O)CC1. The zero-order valence-corrected chi connectivity index (χ0v) is 36.0. The molecule has 10 rings (SSSR count). The Labute approximate surface area is 350 Å². The summed E-state index contributed by atoms with van der Waals surface area (Å²) >= 11 is 1.54. The summed E-state index contributed by atoms with van der Waals surface area (Å²) in [5, 5.41) is 37.1. The van der Waals surface area contributed by atoms with Gasteiger partial charge in [0.1, 0.15) is 0 Å². The van der Waals surface area contributed by atoms with E-state index in [0.29, 0.717) is 61.8 Å². The third kappa shape index (κ3) is 8.42. The van der Waals surface area contributed by atoms with E-state index in [0.717, 1.165) is 69.8 Å². The number of nitrogens with zero attached hydrogens (tertiary/aromatic N) is 1. The molecule has 0 radical (unpaired) electrons. The summed E-state index contributed by atoms with van der Waals surface area (Å²) in [4.78, 5) is 17.9. The van der Waals surface area contributed by atoms with Crippen molar-refractivity contribution in [3.05, 3.63) is 118 Å². The first-order valence-electron chi connectivity index (χ1n) is 22.1. The second kappa shape index (κ2) is 17.1. The Hall–Kier alpha value is -3.17. The standard InChI is InChI=1S/C51H65NO5S/c1-34-11-10-23-50(4)44(42-21-17-36(25-40(53)20-16-34)26-43(42)48(55)47-27-37-14-8-9-15-46(37)58-47)22-24-51(50,56)33-52(29-38-18-19-39-28-45(38)49(39,2)3)30-41(54)32-57-31-35-12-6-5-7-13-35/h5-9,11-15,17,21,26-27,38-41,44-45,53-54,56H,10,16,18-20,22-25,28-33H2,1-4H3. The Kier molecular flexibility index (Phi) is 12.2. The van der Waals surface area contributed by atoms with Gasteiger partial charge in [0, 0.05) is 35.3 Å². The van der Waals surface area contributed by atoms with Gasteiger partial charge in [-0.15, -0.1) is 11.3 Å². The van der Waals surface area contributed by atoms with Gasteiger partial charge in [-0.25, -0.2) is 0 Å². The molecule has 4 bridgehead atoms. The highest BCUT2D eigenvalue weighted by Crippen LogP contribution is 2.62. The van der Waals surface area contributed by atoms with Crippen LogP contribution in [0.3, 0.4) is 0 Å². The van der Waals surface area contributed by atoms with E-state index >= 15 is 0 Å². The van der Waals surface area contributed by atoms with Crippen molar-refractivity contribution in [1.29, 1.82) is 0 Å². The van der Waals surface area contributed by atoms with Crippen LogP contribution in [0.4, 0.5) is 0 Å². The van der Waals surface area contributed by atoms with Gasteiger partial charge in [-0.3, -0.25) is 9.69 Å². The van der Waals surface area contributed by atoms with Gasteiger partial charge in [-0.05, 0) is 140 Å². The molecule has 6 aliphatic rings. The van der Waals surface area contributed by atoms with Gasteiger partial charge in [0.15, 0.2) is 0 Å². The number of fused-ring (bicyclic) bond motifs is 11. The average molecular weight is 804 g/mol. The van der Waals surface area contributed by atoms with Gasteiger partial charge >= 0.3 is 0 Å². The second-order valence-electron chi connectivity index (χ2n) is 19.5. The third-order valence-corrected chi connectivity index (χ3v) is 16.6. The van der Waals surface area contributed by atoms with Gasteiger partial charge in [0.2, 0.25) is 5.78 Å². The molecular weight excluding hydrogens is 739 g/mol. The number of rotatable bonds is 12. The highest BCUT2D eigenvalue weighted by Gasteiger charge is 2.58. The Morgan fingerprint density at radius 1 is 0.966 bits per heavy atom. The molecule has 6 aliphatic carbocycles. The highest BCUT2D eigenvalue weighted by atomic mass is 32.1. The molecule has 58 heavy (non-hydrogen) atoms. The minimum atomic E-state index is -1.06. The van der Waals surface area contributed by atoms with Crippen molar-refractivity contribution in [2.75, 3.05) is 26.2 Å². The van der Waals surface area contributed by atoms with Crippen LogP contribution in [0.25, 0.3) is 10.1 Å². The smallest absolute Gasteiger partial charge is 0.203 e. The maximum Gasteiger partial charge on any atom is 0.203 e. The van der Waals surface area contributed by atoms with E-state index in [-0.39, 0.29) is 18.3 Å². The predicted octanol–water partition coefficient (Wildman–Crippen LogP) is 10.1. The lowest BCUT2D eigenvalue weighted by Gasteiger charge is -2.61. The molecule has 4 saturated carbocycles. The van der Waals surface area contributed by atoms with Crippen molar-refractivity contribution in [2.24, 2.45) is 28.6 Å². The molecule has 4 aromatic rings. The van der Waals surface area contributed by atoms with Crippen molar-refractivity contribution in [3.8, 4) is 0 Å². The predicted molar refractivity (Wildman–Crippen MR) is 235 cm³/mol. The van der Waals surface area contributed by atoms with E-state index in [1.807, 2.05) is 54.6 Å². The number of thiophene rings is 1. The number of ether oxygens (including phenoxy) is 1. The Morgan fingerprint density at radius 3 is 2.53 bits per heavy atom. The molecule has 7 heteroatoms. The van der Waals surface area contributed by atoms with Crippen molar-refractivity contribution in [3.63, 3.8) is 0 Å². The van der Waals surface area contributed by atoms with Gasteiger partial charge in [0.05, 0.1) is 35.9 Å². The molecule has 4 fully saturated rings. The summed E-state index contributed by atoms with van der Waals surface area (Å²) in [5.41, 5.74) is 3.76. The van der Waals surface area contributed by atoms with E-state index in [1.54, 1.807) is 0 Å². The van der Waals surface area contributed by atoms with Crippen LogP contribution >= 0.6 is 11.3 Å². The number of allylic oxidation sites excluding steroid dienone is 2. The summed E-state index contributed by atoms with van der Waals surface area (Å²) in [6.07, 6.45) is 9.81. The third-order valence-electron chi connectivity index (χ3n) is 15.4. The maximum atomic E-state index is 14.8. The van der Waals surface area contributed by atoms with E-state index in [2.05, 4.69) is 62.9 Å². The molecule has 8 atom stereocenters. The highest BCUT2D eigenvalue weighted by molar-refractivity contribution is 7.21. The van der Waals surface area contributed by atoms with Crippen LogP contribution in [0.1, 0.15) is 123 Å². The first-order chi connectivity index (χ1) is 27.8. The minimum absolute atomic E-state index is 0.0205. The van der Waals surface area contributed by atoms with E-state index in [9.17, 15) is 20.1 Å². The van der Waals surface area contributed by atoms with Gasteiger partial charge in [-0.2, -0.15) is 0 Å². The zero-order chi connectivity index (χ0) is 40.7. The fourth-order valence-electron chi connectivity index (χ4n) is 11.7. The lowest BCUT2D eigenvalue weighted by molar-refractivity contribution is -0.127. The number of hydrogen-bond donors (Lipinski definition) is 3. The van der Waals surface area contributed by atoms with Gasteiger partial charge in [0.25, 0.3) is 0 Å². The van der Waals surface area contributed by atoms with Crippen LogP contribution in [0.15, 0.2) is 90.5 Å². The summed E-state index contributed by atoms with van der Waals surface area (Å²) in [7, 11) is 0. The molecule has 3 aromatic carbocycles. The second-order valence-corrected chi connectivity index (χ2v) is 20.6. The monoisotopic (exact) mass is 803 g/mol. The van der Waals surface area contributed by atoms with E-state index in [1.165, 1.54) is 36.2 Å². The van der Waals surface area contributed by atoms with Gasteiger partial charge in [-0.1, -0.05) is 93.1 Å². The molecule has 1 heterocycles. The maximum absolute atomic E-state index is 14.8. The van der Waals surface area contributed by atoms with Crippen LogP contribution < -0.4 is 0 Å². The lowest BCUT2D eigenvalue weighted by atomic mass is 9.45.